The van der Waals surface area contributed by atoms with Crippen LogP contribution in [0, 0.1) is 0 Å². The summed E-state index contributed by atoms with van der Waals surface area (Å²) in [6.07, 6.45) is 1.86. The summed E-state index contributed by atoms with van der Waals surface area (Å²) in [7, 11) is 3.65. The molecule has 1 N–H and O–H groups in total. The fourth-order valence-corrected chi connectivity index (χ4v) is 1.76. The Labute approximate surface area is 120 Å². The second-order valence-electron chi connectivity index (χ2n) is 4.68. The third-order valence-electron chi connectivity index (χ3n) is 2.98. The van der Waals surface area contributed by atoms with Crippen LogP contribution in [-0.4, -0.2) is 49.8 Å². The number of hydrogen-bond donors (Lipinski definition) is 1. The van der Waals surface area contributed by atoms with Crippen LogP contribution in [0.3, 0.4) is 0 Å². The highest BCUT2D eigenvalue weighted by molar-refractivity contribution is 5.66. The molecule has 0 atom stereocenters. The molecular formula is C15H23NO4. The van der Waals surface area contributed by atoms with E-state index in [9.17, 15) is 4.79 Å². The first-order valence-electron chi connectivity index (χ1n) is 6.79. The molecule has 0 aromatic heterocycles. The van der Waals surface area contributed by atoms with E-state index < -0.39 is 5.97 Å². The number of unbranched alkanes of at least 4 members (excludes halogenated alkanes) is 1. The van der Waals surface area contributed by atoms with E-state index in [1.54, 1.807) is 7.11 Å². The topological polar surface area (TPSA) is 59.0 Å². The van der Waals surface area contributed by atoms with Gasteiger partial charge >= 0.3 is 5.97 Å². The molecule has 0 bridgehead atoms. The van der Waals surface area contributed by atoms with E-state index in [4.69, 9.17) is 14.6 Å². The number of methoxy groups -OCH3 is 1. The van der Waals surface area contributed by atoms with Crippen LogP contribution in [0.15, 0.2) is 24.3 Å². The Bertz CT molecular complexity index is 391. The number of benzene rings is 1. The van der Waals surface area contributed by atoms with E-state index in [2.05, 4.69) is 4.90 Å². The number of carboxylic acids is 1. The van der Waals surface area contributed by atoms with Crippen LogP contribution in [0.5, 0.6) is 11.5 Å². The van der Waals surface area contributed by atoms with Crippen molar-refractivity contribution in [3.8, 4) is 11.5 Å². The molecule has 112 valence electrons. The van der Waals surface area contributed by atoms with Gasteiger partial charge in [-0.15, -0.1) is 0 Å². The zero-order valence-corrected chi connectivity index (χ0v) is 12.2. The number of likely N-dealkylation sites (N-methyl/N-ethyl adjacent to an activating group) is 1. The van der Waals surface area contributed by atoms with Crippen LogP contribution in [0.2, 0.25) is 0 Å². The van der Waals surface area contributed by atoms with Gasteiger partial charge in [0, 0.05) is 13.0 Å². The summed E-state index contributed by atoms with van der Waals surface area (Å²) in [6.45, 7) is 2.32. The van der Waals surface area contributed by atoms with E-state index in [1.165, 1.54) is 0 Å². The predicted molar refractivity (Wildman–Crippen MR) is 77.5 cm³/mol. The third kappa shape index (κ3) is 6.99. The lowest BCUT2D eigenvalue weighted by Crippen LogP contribution is -2.25. The standard InChI is InChI=1S/C15H23NO4/c1-16(10-4-3-5-15(17)18)11-12-20-14-8-6-13(19-2)7-9-14/h6-9H,3-5,10-12H2,1-2H3,(H,17,18). The largest absolute Gasteiger partial charge is 0.497 e. The molecule has 0 aliphatic carbocycles. The lowest BCUT2D eigenvalue weighted by Gasteiger charge is -2.16. The summed E-state index contributed by atoms with van der Waals surface area (Å²) < 4.78 is 10.7. The van der Waals surface area contributed by atoms with E-state index in [0.29, 0.717) is 6.61 Å². The fraction of sp³-hybridized carbons (Fsp3) is 0.533. The number of nitrogens with zero attached hydrogens (tertiary/aromatic N) is 1. The van der Waals surface area contributed by atoms with Gasteiger partial charge in [0.1, 0.15) is 18.1 Å². The third-order valence-corrected chi connectivity index (χ3v) is 2.98. The molecule has 0 saturated heterocycles. The summed E-state index contributed by atoms with van der Waals surface area (Å²) in [4.78, 5) is 12.5. The highest BCUT2D eigenvalue weighted by Crippen LogP contribution is 2.16. The monoisotopic (exact) mass is 281 g/mol. The van der Waals surface area contributed by atoms with Crippen molar-refractivity contribution in [3.05, 3.63) is 24.3 Å². The number of rotatable bonds is 10. The fourth-order valence-electron chi connectivity index (χ4n) is 1.76. The second kappa shape index (κ2) is 9.20. The molecule has 1 rings (SSSR count). The van der Waals surface area contributed by atoms with E-state index in [-0.39, 0.29) is 6.42 Å². The van der Waals surface area contributed by atoms with Crippen LogP contribution in [0.25, 0.3) is 0 Å². The molecule has 20 heavy (non-hydrogen) atoms. The Morgan fingerprint density at radius 3 is 2.40 bits per heavy atom. The molecule has 1 aromatic rings. The van der Waals surface area contributed by atoms with Gasteiger partial charge in [0.05, 0.1) is 7.11 Å². The van der Waals surface area contributed by atoms with Crippen LogP contribution < -0.4 is 9.47 Å². The van der Waals surface area contributed by atoms with Crippen molar-refractivity contribution >= 4 is 5.97 Å². The summed E-state index contributed by atoms with van der Waals surface area (Å²) in [5, 5.41) is 8.54. The predicted octanol–water partition coefficient (Wildman–Crippen LogP) is 2.26. The number of ether oxygens (including phenoxy) is 2. The van der Waals surface area contributed by atoms with Crippen molar-refractivity contribution in [1.82, 2.24) is 4.90 Å². The number of hydrogen-bond acceptors (Lipinski definition) is 4. The quantitative estimate of drug-likeness (QED) is 0.667. The van der Waals surface area contributed by atoms with Gasteiger partial charge in [0.2, 0.25) is 0 Å². The highest BCUT2D eigenvalue weighted by atomic mass is 16.5. The van der Waals surface area contributed by atoms with E-state index in [0.717, 1.165) is 37.4 Å². The molecule has 0 saturated carbocycles. The van der Waals surface area contributed by atoms with Crippen molar-refractivity contribution < 1.29 is 19.4 Å². The van der Waals surface area contributed by atoms with Gasteiger partial charge < -0.3 is 19.5 Å². The Morgan fingerprint density at radius 2 is 1.80 bits per heavy atom. The zero-order valence-electron chi connectivity index (χ0n) is 12.2. The summed E-state index contributed by atoms with van der Waals surface area (Å²) in [5.74, 6) is 0.911. The molecule has 1 aromatic carbocycles. The van der Waals surface area contributed by atoms with E-state index in [1.807, 2.05) is 31.3 Å². The average molecular weight is 281 g/mol. The van der Waals surface area contributed by atoms with Gasteiger partial charge in [0.25, 0.3) is 0 Å². The lowest BCUT2D eigenvalue weighted by atomic mass is 10.2. The summed E-state index contributed by atoms with van der Waals surface area (Å²) in [5.41, 5.74) is 0. The molecule has 0 aliphatic heterocycles. The van der Waals surface area contributed by atoms with Crippen molar-refractivity contribution in [2.75, 3.05) is 33.9 Å². The van der Waals surface area contributed by atoms with Gasteiger partial charge in [0.15, 0.2) is 0 Å². The van der Waals surface area contributed by atoms with Gasteiger partial charge in [-0.3, -0.25) is 4.79 Å². The van der Waals surface area contributed by atoms with Crippen LogP contribution in [0.1, 0.15) is 19.3 Å². The highest BCUT2D eigenvalue weighted by Gasteiger charge is 2.01. The number of carbonyl (C=O) groups is 1. The molecule has 0 aliphatic rings. The van der Waals surface area contributed by atoms with Crippen LogP contribution in [-0.2, 0) is 4.79 Å². The van der Waals surface area contributed by atoms with Crippen molar-refractivity contribution in [2.45, 2.75) is 19.3 Å². The normalized spacial score (nSPS) is 10.6. The molecule has 0 spiro atoms. The Hall–Kier alpha value is -1.75. The van der Waals surface area contributed by atoms with Crippen molar-refractivity contribution in [1.29, 1.82) is 0 Å². The number of aliphatic carboxylic acids is 1. The smallest absolute Gasteiger partial charge is 0.303 e. The zero-order chi connectivity index (χ0) is 14.8. The molecule has 5 nitrogen and oxygen atoms in total. The van der Waals surface area contributed by atoms with Gasteiger partial charge in [-0.1, -0.05) is 0 Å². The van der Waals surface area contributed by atoms with E-state index >= 15 is 0 Å². The summed E-state index contributed by atoms with van der Waals surface area (Å²) in [6, 6.07) is 7.49. The maximum Gasteiger partial charge on any atom is 0.303 e. The van der Waals surface area contributed by atoms with Gasteiger partial charge in [-0.2, -0.15) is 0 Å². The molecular weight excluding hydrogens is 258 g/mol. The second-order valence-corrected chi connectivity index (χ2v) is 4.68. The molecule has 0 radical (unpaired) electrons. The first-order valence-corrected chi connectivity index (χ1v) is 6.79. The van der Waals surface area contributed by atoms with Gasteiger partial charge in [-0.05, 0) is 50.7 Å². The lowest BCUT2D eigenvalue weighted by molar-refractivity contribution is -0.137. The van der Waals surface area contributed by atoms with Gasteiger partial charge in [-0.25, -0.2) is 0 Å². The first-order chi connectivity index (χ1) is 9.61. The Kier molecular flexibility index (Phi) is 7.50. The molecule has 0 fully saturated rings. The van der Waals surface area contributed by atoms with Crippen molar-refractivity contribution in [2.24, 2.45) is 0 Å². The molecule has 0 unspecified atom stereocenters. The Morgan fingerprint density at radius 1 is 1.15 bits per heavy atom. The minimum Gasteiger partial charge on any atom is -0.497 e. The average Bonchev–Trinajstić information content (AvgIpc) is 2.44. The molecule has 0 amide bonds. The Balaban J connectivity index is 2.11. The van der Waals surface area contributed by atoms with Crippen LogP contribution >= 0.6 is 0 Å². The van der Waals surface area contributed by atoms with Crippen LogP contribution in [0.4, 0.5) is 0 Å². The SMILES string of the molecule is COc1ccc(OCCN(C)CCCCC(=O)O)cc1. The maximum absolute atomic E-state index is 10.4. The minimum absolute atomic E-state index is 0.246. The minimum atomic E-state index is -0.726. The number of carboxylic acid groups (broad SMARTS) is 1. The molecule has 5 heteroatoms. The summed E-state index contributed by atoms with van der Waals surface area (Å²) >= 11 is 0. The first kappa shape index (κ1) is 16.3. The molecule has 0 heterocycles. The maximum atomic E-state index is 10.4. The van der Waals surface area contributed by atoms with Crippen molar-refractivity contribution in [3.63, 3.8) is 0 Å².